The van der Waals surface area contributed by atoms with Crippen molar-refractivity contribution in [2.75, 3.05) is 11.9 Å². The molecule has 2 aromatic rings. The van der Waals surface area contributed by atoms with Gasteiger partial charge in [-0.2, -0.15) is 0 Å². The summed E-state index contributed by atoms with van der Waals surface area (Å²) in [5.74, 6) is -0.683. The lowest BCUT2D eigenvalue weighted by atomic mass is 10.1. The van der Waals surface area contributed by atoms with Crippen LogP contribution in [0.4, 0.5) is 5.13 Å². The highest BCUT2D eigenvalue weighted by Crippen LogP contribution is 2.22. The number of carbonyl (C=O) groups is 2. The Morgan fingerprint density at radius 2 is 1.96 bits per heavy atom. The van der Waals surface area contributed by atoms with Crippen LogP contribution in [0.2, 0.25) is 0 Å². The van der Waals surface area contributed by atoms with Gasteiger partial charge in [-0.25, -0.2) is 4.98 Å². The topological polar surface area (TPSA) is 110 Å². The first-order valence-electron chi connectivity index (χ1n) is 7.17. The van der Waals surface area contributed by atoms with E-state index in [-0.39, 0.29) is 49.1 Å². The molecule has 1 atom stereocenters. The summed E-state index contributed by atoms with van der Waals surface area (Å²) < 4.78 is 0. The van der Waals surface area contributed by atoms with E-state index in [1.165, 1.54) is 11.3 Å². The summed E-state index contributed by atoms with van der Waals surface area (Å²) in [7, 11) is 0. The van der Waals surface area contributed by atoms with Gasteiger partial charge in [-0.1, -0.05) is 19.9 Å². The third kappa shape index (κ3) is 6.95. The molecule has 0 fully saturated rings. The fourth-order valence-electron chi connectivity index (χ4n) is 1.71. The van der Waals surface area contributed by atoms with Gasteiger partial charge in [-0.3, -0.25) is 14.6 Å². The summed E-state index contributed by atoms with van der Waals surface area (Å²) in [6.07, 6.45) is 1.68. The SMILES string of the molecule is CC(C)[C@H](N)C(=O)NCC(=O)Nc1nc(-c2ccccn2)cs1.Cl.Cl. The minimum atomic E-state index is -0.626. The van der Waals surface area contributed by atoms with Gasteiger partial charge in [0.15, 0.2) is 5.13 Å². The van der Waals surface area contributed by atoms with Gasteiger partial charge in [0.05, 0.1) is 18.3 Å². The van der Waals surface area contributed by atoms with Crippen molar-refractivity contribution in [2.24, 2.45) is 11.7 Å². The first-order chi connectivity index (χ1) is 11.0. The van der Waals surface area contributed by atoms with Crippen LogP contribution in [0.25, 0.3) is 11.4 Å². The van der Waals surface area contributed by atoms with Gasteiger partial charge in [-0.15, -0.1) is 36.2 Å². The molecule has 0 spiro atoms. The van der Waals surface area contributed by atoms with E-state index in [9.17, 15) is 9.59 Å². The number of aromatic nitrogens is 2. The van der Waals surface area contributed by atoms with Crippen LogP contribution in [0.1, 0.15) is 13.8 Å². The van der Waals surface area contributed by atoms with Gasteiger partial charge in [0.25, 0.3) is 0 Å². The number of pyridine rings is 1. The van der Waals surface area contributed by atoms with E-state index in [0.29, 0.717) is 10.8 Å². The van der Waals surface area contributed by atoms with Gasteiger partial charge in [0, 0.05) is 11.6 Å². The number of anilines is 1. The third-order valence-corrected chi connectivity index (χ3v) is 3.88. The van der Waals surface area contributed by atoms with Crippen molar-refractivity contribution in [3.63, 3.8) is 0 Å². The first-order valence-corrected chi connectivity index (χ1v) is 8.05. The smallest absolute Gasteiger partial charge is 0.245 e. The largest absolute Gasteiger partial charge is 0.346 e. The average Bonchev–Trinajstić information content (AvgIpc) is 3.01. The number of carbonyl (C=O) groups excluding carboxylic acids is 2. The molecule has 2 heterocycles. The summed E-state index contributed by atoms with van der Waals surface area (Å²) in [4.78, 5) is 32.0. The van der Waals surface area contributed by atoms with Crippen LogP contribution in [0.5, 0.6) is 0 Å². The average molecular weight is 406 g/mol. The summed E-state index contributed by atoms with van der Waals surface area (Å²) in [5.41, 5.74) is 7.13. The molecule has 2 amide bonds. The number of thiazole rings is 1. The van der Waals surface area contributed by atoms with E-state index in [2.05, 4.69) is 20.6 Å². The maximum atomic E-state index is 11.8. The molecule has 0 aliphatic heterocycles. The van der Waals surface area contributed by atoms with E-state index in [0.717, 1.165) is 5.69 Å². The van der Waals surface area contributed by atoms with Gasteiger partial charge in [0.1, 0.15) is 5.69 Å². The fraction of sp³-hybridized carbons (Fsp3) is 0.333. The van der Waals surface area contributed by atoms with Crippen molar-refractivity contribution >= 4 is 53.1 Å². The Morgan fingerprint density at radius 1 is 1.24 bits per heavy atom. The number of hydrogen-bond donors (Lipinski definition) is 3. The molecule has 4 N–H and O–H groups in total. The molecule has 25 heavy (non-hydrogen) atoms. The lowest BCUT2D eigenvalue weighted by Gasteiger charge is -2.14. The summed E-state index contributed by atoms with van der Waals surface area (Å²) in [6, 6.07) is 4.91. The van der Waals surface area contributed by atoms with Crippen molar-refractivity contribution in [3.05, 3.63) is 29.8 Å². The standard InChI is InChI=1S/C15H19N5O2S.2ClH/c1-9(2)13(16)14(22)18-7-12(21)20-15-19-11(8-23-15)10-5-3-4-6-17-10;;/h3-6,8-9,13H,7,16H2,1-2H3,(H,18,22)(H,19,20,21);2*1H/t13-;;/m0../s1. The zero-order valence-corrected chi connectivity index (χ0v) is 16.2. The van der Waals surface area contributed by atoms with Crippen LogP contribution in [0.15, 0.2) is 29.8 Å². The van der Waals surface area contributed by atoms with E-state index in [4.69, 9.17) is 5.73 Å². The number of halogens is 2. The summed E-state index contributed by atoms with van der Waals surface area (Å²) in [6.45, 7) is 3.55. The molecule has 10 heteroatoms. The lowest BCUT2D eigenvalue weighted by molar-refractivity contribution is -0.125. The minimum Gasteiger partial charge on any atom is -0.346 e. The van der Waals surface area contributed by atoms with Gasteiger partial charge in [-0.05, 0) is 18.1 Å². The maximum absolute atomic E-state index is 11.8. The van der Waals surface area contributed by atoms with Gasteiger partial charge < -0.3 is 16.4 Å². The van der Waals surface area contributed by atoms with Crippen molar-refractivity contribution in [1.82, 2.24) is 15.3 Å². The molecule has 0 bridgehead atoms. The number of nitrogens with two attached hydrogens (primary N) is 1. The van der Waals surface area contributed by atoms with E-state index >= 15 is 0 Å². The van der Waals surface area contributed by atoms with Crippen LogP contribution < -0.4 is 16.4 Å². The molecule has 138 valence electrons. The van der Waals surface area contributed by atoms with Gasteiger partial charge >= 0.3 is 0 Å². The molecular weight excluding hydrogens is 385 g/mol. The molecular formula is C15H21Cl2N5O2S. The van der Waals surface area contributed by atoms with E-state index < -0.39 is 6.04 Å². The van der Waals surface area contributed by atoms with Crippen LogP contribution in [0, 0.1) is 5.92 Å². The molecule has 2 aromatic heterocycles. The van der Waals surface area contributed by atoms with Crippen molar-refractivity contribution in [1.29, 1.82) is 0 Å². The predicted octanol–water partition coefficient (Wildman–Crippen LogP) is 2.09. The van der Waals surface area contributed by atoms with Crippen LogP contribution in [-0.4, -0.2) is 34.4 Å². The van der Waals surface area contributed by atoms with Gasteiger partial charge in [0.2, 0.25) is 11.8 Å². The molecule has 0 radical (unpaired) electrons. The van der Waals surface area contributed by atoms with Crippen LogP contribution in [-0.2, 0) is 9.59 Å². The molecule has 7 nitrogen and oxygen atoms in total. The third-order valence-electron chi connectivity index (χ3n) is 3.12. The number of nitrogens with one attached hydrogen (secondary N) is 2. The Kier molecular flexibility index (Phi) is 10.2. The second-order valence-corrected chi connectivity index (χ2v) is 6.15. The highest BCUT2D eigenvalue weighted by atomic mass is 35.5. The summed E-state index contributed by atoms with van der Waals surface area (Å²) in [5, 5.41) is 7.42. The van der Waals surface area contributed by atoms with E-state index in [1.807, 2.05) is 37.4 Å². The number of amides is 2. The van der Waals surface area contributed by atoms with Crippen molar-refractivity contribution < 1.29 is 9.59 Å². The molecule has 0 aromatic carbocycles. The zero-order valence-electron chi connectivity index (χ0n) is 13.8. The van der Waals surface area contributed by atoms with Crippen LogP contribution >= 0.6 is 36.2 Å². The number of nitrogens with zero attached hydrogens (tertiary/aromatic N) is 2. The quantitative estimate of drug-likeness (QED) is 0.681. The molecule has 0 saturated carbocycles. The molecule has 0 aliphatic carbocycles. The second kappa shape index (κ2) is 11.0. The Bertz CT molecular complexity index is 682. The van der Waals surface area contributed by atoms with Crippen molar-refractivity contribution in [2.45, 2.75) is 19.9 Å². The maximum Gasteiger partial charge on any atom is 0.245 e. The highest BCUT2D eigenvalue weighted by Gasteiger charge is 2.18. The molecule has 0 saturated heterocycles. The predicted molar refractivity (Wildman–Crippen MR) is 104 cm³/mol. The Morgan fingerprint density at radius 3 is 2.56 bits per heavy atom. The minimum absolute atomic E-state index is 0. The Balaban J connectivity index is 0.00000288. The van der Waals surface area contributed by atoms with E-state index in [1.54, 1.807) is 6.20 Å². The monoisotopic (exact) mass is 405 g/mol. The van der Waals surface area contributed by atoms with Crippen LogP contribution in [0.3, 0.4) is 0 Å². The second-order valence-electron chi connectivity index (χ2n) is 5.29. The zero-order chi connectivity index (χ0) is 16.8. The number of hydrogen-bond acceptors (Lipinski definition) is 6. The summed E-state index contributed by atoms with van der Waals surface area (Å²) >= 11 is 1.30. The number of rotatable bonds is 6. The van der Waals surface area contributed by atoms with Crippen molar-refractivity contribution in [3.8, 4) is 11.4 Å². The Hall–Kier alpha value is -1.74. The highest BCUT2D eigenvalue weighted by molar-refractivity contribution is 7.14. The molecule has 0 aliphatic rings. The fourth-order valence-corrected chi connectivity index (χ4v) is 2.44. The first kappa shape index (κ1) is 23.3. The normalized spacial score (nSPS) is 11.0. The lowest BCUT2D eigenvalue weighted by Crippen LogP contribution is -2.46. The molecule has 2 rings (SSSR count). The molecule has 0 unspecified atom stereocenters. The Labute approximate surface area is 162 Å².